The van der Waals surface area contributed by atoms with Gasteiger partial charge in [0.2, 0.25) is 0 Å². The van der Waals surface area contributed by atoms with Gasteiger partial charge in [0.25, 0.3) is 0 Å². The van der Waals surface area contributed by atoms with Crippen molar-refractivity contribution in [2.24, 2.45) is 0 Å². The smallest absolute Gasteiger partial charge is 0.315 e. The third kappa shape index (κ3) is 1.63. The summed E-state index contributed by atoms with van der Waals surface area (Å²) in [4.78, 5) is 14.3. The van der Waals surface area contributed by atoms with Crippen molar-refractivity contribution in [1.29, 1.82) is 0 Å². The number of nitrogens with one attached hydrogen (secondary N) is 1. The van der Waals surface area contributed by atoms with Gasteiger partial charge in [0.15, 0.2) is 0 Å². The predicted octanol–water partition coefficient (Wildman–Crippen LogP) is 3.29. The van der Waals surface area contributed by atoms with Crippen molar-refractivity contribution in [3.63, 3.8) is 0 Å². The van der Waals surface area contributed by atoms with E-state index in [1.165, 1.54) is 0 Å². The van der Waals surface area contributed by atoms with E-state index < -0.39 is 11.4 Å². The Balaban J connectivity index is 2.64. The first kappa shape index (κ1) is 11.2. The molecule has 0 aliphatic heterocycles. The van der Waals surface area contributed by atoms with Crippen LogP contribution in [0.2, 0.25) is 0 Å². The highest BCUT2D eigenvalue weighted by Crippen LogP contribution is 2.30. The second-order valence-electron chi connectivity index (χ2n) is 4.31. The van der Waals surface area contributed by atoms with Crippen molar-refractivity contribution in [2.75, 3.05) is 0 Å². The van der Waals surface area contributed by atoms with Gasteiger partial charge in [0, 0.05) is 21.1 Å². The number of aromatic nitrogens is 1. The molecule has 16 heavy (non-hydrogen) atoms. The lowest BCUT2D eigenvalue weighted by Crippen LogP contribution is -2.28. The van der Waals surface area contributed by atoms with E-state index >= 15 is 0 Å². The molecule has 3 nitrogen and oxygen atoms in total. The van der Waals surface area contributed by atoms with Gasteiger partial charge in [-0.3, -0.25) is 4.79 Å². The van der Waals surface area contributed by atoms with Gasteiger partial charge in [0.1, 0.15) is 5.41 Å². The summed E-state index contributed by atoms with van der Waals surface area (Å²) in [5, 5.41) is 10.2. The van der Waals surface area contributed by atoms with E-state index in [0.717, 1.165) is 15.4 Å². The van der Waals surface area contributed by atoms with E-state index in [9.17, 15) is 4.79 Å². The van der Waals surface area contributed by atoms with Crippen molar-refractivity contribution in [1.82, 2.24) is 4.98 Å². The highest BCUT2D eigenvalue weighted by atomic mass is 79.9. The maximum atomic E-state index is 11.2. The van der Waals surface area contributed by atoms with Gasteiger partial charge < -0.3 is 10.1 Å². The Morgan fingerprint density at radius 3 is 2.69 bits per heavy atom. The average molecular weight is 282 g/mol. The number of hydrogen-bond acceptors (Lipinski definition) is 1. The van der Waals surface area contributed by atoms with Crippen molar-refractivity contribution < 1.29 is 9.90 Å². The van der Waals surface area contributed by atoms with Gasteiger partial charge in [-0.05, 0) is 32.0 Å². The summed E-state index contributed by atoms with van der Waals surface area (Å²) in [6.45, 7) is 3.38. The molecule has 0 unspecified atom stereocenters. The van der Waals surface area contributed by atoms with Crippen LogP contribution in [-0.4, -0.2) is 16.1 Å². The lowest BCUT2D eigenvalue weighted by atomic mass is 9.90. The number of carboxylic acid groups (broad SMARTS) is 1. The molecule has 2 aromatic rings. The maximum absolute atomic E-state index is 11.2. The fourth-order valence-electron chi connectivity index (χ4n) is 1.57. The second-order valence-corrected chi connectivity index (χ2v) is 5.17. The zero-order valence-corrected chi connectivity index (χ0v) is 10.6. The first-order valence-corrected chi connectivity index (χ1v) is 5.73. The number of benzene rings is 1. The molecule has 2 rings (SSSR count). The van der Waals surface area contributed by atoms with Crippen molar-refractivity contribution in [3.05, 3.63) is 34.4 Å². The molecule has 2 N–H and O–H groups in total. The van der Waals surface area contributed by atoms with E-state index in [4.69, 9.17) is 5.11 Å². The van der Waals surface area contributed by atoms with Crippen molar-refractivity contribution in [2.45, 2.75) is 19.3 Å². The molecule has 1 heterocycles. The van der Waals surface area contributed by atoms with Crippen LogP contribution in [0.4, 0.5) is 0 Å². The Kier molecular flexibility index (Phi) is 2.54. The van der Waals surface area contributed by atoms with Crippen molar-refractivity contribution in [3.8, 4) is 0 Å². The molecule has 84 valence electrons. The summed E-state index contributed by atoms with van der Waals surface area (Å²) < 4.78 is 0.966. The van der Waals surface area contributed by atoms with Gasteiger partial charge in [0.05, 0.1) is 0 Å². The minimum Gasteiger partial charge on any atom is -0.481 e. The number of rotatable bonds is 2. The first-order chi connectivity index (χ1) is 7.43. The van der Waals surface area contributed by atoms with Crippen LogP contribution in [0, 0.1) is 0 Å². The summed E-state index contributed by atoms with van der Waals surface area (Å²) in [6.07, 6.45) is 0. The van der Waals surface area contributed by atoms with Crippen LogP contribution in [0.25, 0.3) is 10.9 Å². The number of H-pyrrole nitrogens is 1. The highest BCUT2D eigenvalue weighted by Gasteiger charge is 2.31. The van der Waals surface area contributed by atoms with E-state index in [0.29, 0.717) is 5.69 Å². The Bertz CT molecular complexity index is 557. The van der Waals surface area contributed by atoms with Gasteiger partial charge in [-0.2, -0.15) is 0 Å². The lowest BCUT2D eigenvalue weighted by Gasteiger charge is -2.16. The molecule has 4 heteroatoms. The third-order valence-corrected chi connectivity index (χ3v) is 3.51. The van der Waals surface area contributed by atoms with E-state index in [1.807, 2.05) is 24.3 Å². The van der Waals surface area contributed by atoms with E-state index in [2.05, 4.69) is 20.9 Å². The lowest BCUT2D eigenvalue weighted by molar-refractivity contribution is -0.142. The fraction of sp³-hybridized carbons (Fsp3) is 0.250. The Labute approximate surface area is 102 Å². The standard InChI is InChI=1S/C12H12BrNO2/c1-12(2,11(15)16)10-6-7-8(13)4-3-5-9(7)14-10/h3-6,14H,1-2H3,(H,15,16). The number of fused-ring (bicyclic) bond motifs is 1. The first-order valence-electron chi connectivity index (χ1n) is 4.94. The zero-order valence-electron chi connectivity index (χ0n) is 9.04. The summed E-state index contributed by atoms with van der Waals surface area (Å²) in [5.74, 6) is -0.838. The molecule has 0 radical (unpaired) electrons. The molecule has 0 spiro atoms. The quantitative estimate of drug-likeness (QED) is 0.888. The third-order valence-electron chi connectivity index (χ3n) is 2.82. The topological polar surface area (TPSA) is 53.1 Å². The largest absolute Gasteiger partial charge is 0.481 e. The normalized spacial score (nSPS) is 11.9. The summed E-state index contributed by atoms with van der Waals surface area (Å²) >= 11 is 3.45. The molecule has 0 amide bonds. The summed E-state index contributed by atoms with van der Waals surface area (Å²) in [6, 6.07) is 7.67. The van der Waals surface area contributed by atoms with E-state index in [1.54, 1.807) is 13.8 Å². The van der Waals surface area contributed by atoms with E-state index in [-0.39, 0.29) is 0 Å². The second kappa shape index (κ2) is 3.63. The number of halogens is 1. The molecule has 0 saturated carbocycles. The Morgan fingerprint density at radius 2 is 2.12 bits per heavy atom. The molecule has 0 bridgehead atoms. The van der Waals surface area contributed by atoms with Gasteiger partial charge >= 0.3 is 5.97 Å². The Morgan fingerprint density at radius 1 is 1.44 bits per heavy atom. The monoisotopic (exact) mass is 281 g/mol. The van der Waals surface area contributed by atoms with Crippen molar-refractivity contribution >= 4 is 32.8 Å². The van der Waals surface area contributed by atoms with Crippen LogP contribution in [0.5, 0.6) is 0 Å². The number of carbonyl (C=O) groups is 1. The minimum absolute atomic E-state index is 0.710. The summed E-state index contributed by atoms with van der Waals surface area (Å²) in [7, 11) is 0. The van der Waals surface area contributed by atoms with Crippen LogP contribution in [0.1, 0.15) is 19.5 Å². The minimum atomic E-state index is -0.904. The number of carboxylic acids is 1. The van der Waals surface area contributed by atoms with Crippen LogP contribution in [0.3, 0.4) is 0 Å². The molecular weight excluding hydrogens is 270 g/mol. The number of hydrogen-bond donors (Lipinski definition) is 2. The SMILES string of the molecule is CC(C)(C(=O)O)c1cc2c(Br)cccc2[nH]1. The molecule has 0 saturated heterocycles. The van der Waals surface area contributed by atoms with Crippen LogP contribution >= 0.6 is 15.9 Å². The molecule has 0 fully saturated rings. The zero-order chi connectivity index (χ0) is 11.9. The Hall–Kier alpha value is -1.29. The maximum Gasteiger partial charge on any atom is 0.315 e. The van der Waals surface area contributed by atoms with Crippen LogP contribution in [0.15, 0.2) is 28.7 Å². The fourth-order valence-corrected chi connectivity index (χ4v) is 2.05. The van der Waals surface area contributed by atoms with Gasteiger partial charge in [-0.1, -0.05) is 22.0 Å². The van der Waals surface area contributed by atoms with Crippen LogP contribution < -0.4 is 0 Å². The molecule has 1 aromatic carbocycles. The summed E-state index contributed by atoms with van der Waals surface area (Å²) in [5.41, 5.74) is 0.749. The number of aromatic amines is 1. The molecule has 0 atom stereocenters. The molecule has 0 aliphatic carbocycles. The highest BCUT2D eigenvalue weighted by molar-refractivity contribution is 9.10. The van der Waals surface area contributed by atoms with Gasteiger partial charge in [-0.25, -0.2) is 0 Å². The molecular formula is C12H12BrNO2. The number of aliphatic carboxylic acids is 1. The molecule has 1 aromatic heterocycles. The van der Waals surface area contributed by atoms with Crippen LogP contribution in [-0.2, 0) is 10.2 Å². The average Bonchev–Trinajstić information content (AvgIpc) is 2.63. The predicted molar refractivity (Wildman–Crippen MR) is 66.7 cm³/mol. The molecule has 0 aliphatic rings. The van der Waals surface area contributed by atoms with Gasteiger partial charge in [-0.15, -0.1) is 0 Å².